The predicted molar refractivity (Wildman–Crippen MR) is 145 cm³/mol. The molecule has 192 valence electrons. The van der Waals surface area contributed by atoms with E-state index in [1.165, 1.54) is 18.4 Å². The van der Waals surface area contributed by atoms with E-state index in [0.29, 0.717) is 38.0 Å². The fourth-order valence-electron chi connectivity index (χ4n) is 5.13. The second kappa shape index (κ2) is 9.49. The highest BCUT2D eigenvalue weighted by atomic mass is 16.2. The van der Waals surface area contributed by atoms with Crippen molar-refractivity contribution in [2.45, 2.75) is 45.2 Å². The average Bonchev–Trinajstić information content (AvgIpc) is 3.68. The number of hydrogen-bond acceptors (Lipinski definition) is 7. The van der Waals surface area contributed by atoms with Crippen molar-refractivity contribution in [2.75, 3.05) is 36.4 Å². The molecule has 6 rings (SSSR count). The molecular weight excluding hydrogens is 466 g/mol. The molecule has 37 heavy (non-hydrogen) atoms. The van der Waals surface area contributed by atoms with Crippen LogP contribution in [0.2, 0.25) is 0 Å². The van der Waals surface area contributed by atoms with Crippen LogP contribution >= 0.6 is 0 Å². The molecule has 0 unspecified atom stereocenters. The zero-order valence-electron chi connectivity index (χ0n) is 21.3. The molecule has 0 spiro atoms. The largest absolute Gasteiger partial charge is 0.361 e. The monoisotopic (exact) mass is 499 g/mol. The van der Waals surface area contributed by atoms with Crippen molar-refractivity contribution in [3.05, 3.63) is 48.3 Å². The molecule has 3 N–H and O–H groups in total. The number of aromatic nitrogens is 5. The first-order valence-electron chi connectivity index (χ1n) is 13.2. The fourth-order valence-corrected chi connectivity index (χ4v) is 5.13. The summed E-state index contributed by atoms with van der Waals surface area (Å²) in [6, 6.07) is 10.4. The van der Waals surface area contributed by atoms with Crippen molar-refractivity contribution in [3.8, 4) is 0 Å². The van der Waals surface area contributed by atoms with E-state index in [4.69, 9.17) is 25.8 Å². The van der Waals surface area contributed by atoms with Crippen molar-refractivity contribution in [3.63, 3.8) is 0 Å². The number of para-hydroxylation sites is 1. The SMILES string of the molecule is CC[C@H](C)n1ncc2nc(N3CCN(C(N)=O)CC3)nc(N[C@@H](c3cnc4ccccc4c3)C3CC3)c21. The van der Waals surface area contributed by atoms with E-state index in [2.05, 4.69) is 42.3 Å². The summed E-state index contributed by atoms with van der Waals surface area (Å²) in [4.78, 5) is 30.1. The minimum absolute atomic E-state index is 0.0926. The van der Waals surface area contributed by atoms with Crippen LogP contribution in [0.25, 0.3) is 21.9 Å². The van der Waals surface area contributed by atoms with Crippen molar-refractivity contribution in [1.29, 1.82) is 0 Å². The van der Waals surface area contributed by atoms with E-state index in [1.54, 1.807) is 4.90 Å². The molecule has 1 saturated heterocycles. The van der Waals surface area contributed by atoms with Gasteiger partial charge in [0, 0.05) is 43.8 Å². The number of nitrogens with zero attached hydrogens (tertiary/aromatic N) is 7. The van der Waals surface area contributed by atoms with Crippen LogP contribution in [0.15, 0.2) is 42.7 Å². The third-order valence-electron chi connectivity index (χ3n) is 7.67. The number of hydrogen-bond donors (Lipinski definition) is 2. The van der Waals surface area contributed by atoms with E-state index in [9.17, 15) is 4.79 Å². The molecule has 2 atom stereocenters. The van der Waals surface area contributed by atoms with Gasteiger partial charge in [-0.2, -0.15) is 10.1 Å². The van der Waals surface area contributed by atoms with Crippen LogP contribution in [0, 0.1) is 5.92 Å². The minimum atomic E-state index is -0.385. The van der Waals surface area contributed by atoms with Crippen molar-refractivity contribution in [2.24, 2.45) is 11.7 Å². The molecule has 0 bridgehead atoms. The second-order valence-corrected chi connectivity index (χ2v) is 10.2. The Hall–Kier alpha value is -3.95. The first-order chi connectivity index (χ1) is 18.0. The Kier molecular flexibility index (Phi) is 6.02. The Morgan fingerprint density at radius 3 is 2.62 bits per heavy atom. The molecule has 10 nitrogen and oxygen atoms in total. The Morgan fingerprint density at radius 1 is 1.11 bits per heavy atom. The average molecular weight is 500 g/mol. The molecule has 2 fully saturated rings. The molecular formula is C27H33N9O. The highest BCUT2D eigenvalue weighted by Gasteiger charge is 2.34. The maximum atomic E-state index is 11.6. The maximum absolute atomic E-state index is 11.6. The number of fused-ring (bicyclic) bond motifs is 2. The van der Waals surface area contributed by atoms with Gasteiger partial charge in [0.1, 0.15) is 11.0 Å². The number of benzene rings is 1. The Labute approximate surface area is 215 Å². The molecule has 1 aliphatic heterocycles. The summed E-state index contributed by atoms with van der Waals surface area (Å²) in [5.74, 6) is 1.96. The first kappa shape index (κ1) is 23.4. The van der Waals surface area contributed by atoms with Crippen LogP contribution in [0.3, 0.4) is 0 Å². The Balaban J connectivity index is 1.40. The van der Waals surface area contributed by atoms with Gasteiger partial charge in [0.2, 0.25) is 5.95 Å². The Morgan fingerprint density at radius 2 is 1.89 bits per heavy atom. The smallest absolute Gasteiger partial charge is 0.314 e. The zero-order chi connectivity index (χ0) is 25.5. The number of primary amides is 1. The lowest BCUT2D eigenvalue weighted by atomic mass is 10.0. The van der Waals surface area contributed by atoms with Gasteiger partial charge in [-0.1, -0.05) is 25.1 Å². The summed E-state index contributed by atoms with van der Waals surface area (Å²) in [6.45, 7) is 6.70. The van der Waals surface area contributed by atoms with Gasteiger partial charge in [0.15, 0.2) is 5.82 Å². The molecule has 4 heterocycles. The number of rotatable bonds is 7. The van der Waals surface area contributed by atoms with Crippen LogP contribution in [0.4, 0.5) is 16.6 Å². The van der Waals surface area contributed by atoms with E-state index < -0.39 is 0 Å². The van der Waals surface area contributed by atoms with Gasteiger partial charge < -0.3 is 20.9 Å². The van der Waals surface area contributed by atoms with Gasteiger partial charge in [-0.3, -0.25) is 9.67 Å². The summed E-state index contributed by atoms with van der Waals surface area (Å²) in [7, 11) is 0. The molecule has 3 aromatic heterocycles. The third-order valence-corrected chi connectivity index (χ3v) is 7.67. The highest BCUT2D eigenvalue weighted by Crippen LogP contribution is 2.44. The molecule has 0 radical (unpaired) electrons. The molecule has 2 aliphatic rings. The summed E-state index contributed by atoms with van der Waals surface area (Å²) in [5, 5.41) is 9.65. The van der Waals surface area contributed by atoms with Gasteiger partial charge in [-0.25, -0.2) is 9.78 Å². The third kappa shape index (κ3) is 4.52. The van der Waals surface area contributed by atoms with Crippen LogP contribution in [-0.4, -0.2) is 61.8 Å². The topological polar surface area (TPSA) is 118 Å². The number of urea groups is 1. The van der Waals surface area contributed by atoms with Crippen molar-refractivity contribution < 1.29 is 4.79 Å². The minimum Gasteiger partial charge on any atom is -0.361 e. The van der Waals surface area contributed by atoms with Gasteiger partial charge in [-0.15, -0.1) is 0 Å². The normalized spacial score (nSPS) is 17.8. The molecule has 10 heteroatoms. The van der Waals surface area contributed by atoms with E-state index in [0.717, 1.165) is 34.2 Å². The van der Waals surface area contributed by atoms with Gasteiger partial charge in [0.25, 0.3) is 0 Å². The summed E-state index contributed by atoms with van der Waals surface area (Å²) in [5.41, 5.74) is 9.39. The number of amides is 2. The lowest BCUT2D eigenvalue weighted by Gasteiger charge is -2.34. The molecule has 1 aromatic carbocycles. The summed E-state index contributed by atoms with van der Waals surface area (Å²) in [6.07, 6.45) is 7.12. The lowest BCUT2D eigenvalue weighted by molar-refractivity contribution is 0.204. The summed E-state index contributed by atoms with van der Waals surface area (Å²) >= 11 is 0. The van der Waals surface area contributed by atoms with Gasteiger partial charge >= 0.3 is 6.03 Å². The molecule has 1 aliphatic carbocycles. The molecule has 1 saturated carbocycles. The van der Waals surface area contributed by atoms with Crippen LogP contribution in [0.5, 0.6) is 0 Å². The van der Waals surface area contributed by atoms with Gasteiger partial charge in [0.05, 0.1) is 17.8 Å². The number of nitrogens with two attached hydrogens (primary N) is 1. The zero-order valence-corrected chi connectivity index (χ0v) is 21.3. The number of anilines is 2. The molecule has 2 amide bonds. The van der Waals surface area contributed by atoms with Crippen LogP contribution in [0.1, 0.15) is 50.8 Å². The second-order valence-electron chi connectivity index (χ2n) is 10.2. The molecule has 4 aromatic rings. The number of nitrogens with one attached hydrogen (secondary N) is 1. The standard InChI is InChI=1S/C27H33N9O/c1-3-17(2)36-24-22(16-30-36)31-27(35-12-10-34(11-13-35)26(28)37)33-25(24)32-23(18-8-9-18)20-14-19-6-4-5-7-21(19)29-15-20/h4-7,14-18,23H,3,8-13H2,1-2H3,(H2,28,37)(H,31,32,33)/t17-,23+/m0/s1. The Bertz CT molecular complexity index is 1440. The quantitative estimate of drug-likeness (QED) is 0.393. The highest BCUT2D eigenvalue weighted by molar-refractivity contribution is 5.87. The number of carbonyl (C=O) groups excluding carboxylic acids is 1. The first-order valence-corrected chi connectivity index (χ1v) is 13.2. The van der Waals surface area contributed by atoms with Gasteiger partial charge in [-0.05, 0) is 49.8 Å². The number of carbonyl (C=O) groups is 1. The number of piperazine rings is 1. The summed E-state index contributed by atoms with van der Waals surface area (Å²) < 4.78 is 2.04. The van der Waals surface area contributed by atoms with Crippen molar-refractivity contribution >= 4 is 39.7 Å². The fraction of sp³-hybridized carbons (Fsp3) is 0.444. The van der Waals surface area contributed by atoms with E-state index in [1.807, 2.05) is 29.2 Å². The van der Waals surface area contributed by atoms with Crippen LogP contribution in [-0.2, 0) is 0 Å². The maximum Gasteiger partial charge on any atom is 0.314 e. The van der Waals surface area contributed by atoms with E-state index >= 15 is 0 Å². The van der Waals surface area contributed by atoms with Crippen molar-refractivity contribution in [1.82, 2.24) is 29.6 Å². The predicted octanol–water partition coefficient (Wildman–Crippen LogP) is 4.11. The lowest BCUT2D eigenvalue weighted by Crippen LogP contribution is -2.51. The van der Waals surface area contributed by atoms with Crippen LogP contribution < -0.4 is 16.0 Å². The number of pyridine rings is 1. The van der Waals surface area contributed by atoms with E-state index in [-0.39, 0.29) is 18.1 Å².